The van der Waals surface area contributed by atoms with E-state index in [1.165, 1.54) is 16.9 Å². The third-order valence-electron chi connectivity index (χ3n) is 2.16. The van der Waals surface area contributed by atoms with E-state index < -0.39 is 10.7 Å². The first-order valence-electron chi connectivity index (χ1n) is 4.68. The van der Waals surface area contributed by atoms with Crippen LogP contribution >= 0.6 is 11.6 Å². The molecule has 0 unspecified atom stereocenters. The Kier molecular flexibility index (Phi) is 3.06. The number of rotatable bonds is 3. The molecular weight excluding hydrogens is 249 g/mol. The lowest BCUT2D eigenvalue weighted by Gasteiger charge is -1.99. The fraction of sp³-hybridized carbons (Fsp3) is 0.100. The van der Waals surface area contributed by atoms with Gasteiger partial charge in [-0.15, -0.1) is 0 Å². The van der Waals surface area contributed by atoms with Gasteiger partial charge in [-0.3, -0.25) is 0 Å². The predicted octanol–water partition coefficient (Wildman–Crippen LogP) is 2.63. The van der Waals surface area contributed by atoms with Gasteiger partial charge in [-0.25, -0.2) is 4.39 Å². The van der Waals surface area contributed by atoms with Gasteiger partial charge in [0.25, 0.3) is 0 Å². The molecule has 0 atom stereocenters. The number of hydrogen-bond acceptors (Lipinski definition) is 3. The van der Waals surface area contributed by atoms with E-state index in [1.54, 1.807) is 18.2 Å². The third-order valence-corrected chi connectivity index (χ3v) is 2.43. The number of aromatic nitrogens is 2. The molecule has 0 saturated carbocycles. The van der Waals surface area contributed by atoms with Crippen LogP contribution in [0.1, 0.15) is 5.56 Å². The zero-order valence-electron chi connectivity index (χ0n) is 8.51. The molecule has 0 bridgehead atoms. The summed E-state index contributed by atoms with van der Waals surface area (Å²) in [6.07, 6.45) is 1.30. The Morgan fingerprint density at radius 2 is 2.18 bits per heavy atom. The molecule has 0 fully saturated rings. The number of hydrogen-bond donors (Lipinski definition) is 0. The molecule has 0 aliphatic rings. The second kappa shape index (κ2) is 4.50. The standard InChI is InChI=1S/C10H7ClFN3O2/c11-8-6-14(13-10(8)15(16)17)5-7-3-1-2-4-9(7)12/h1-4,6H,5H2. The van der Waals surface area contributed by atoms with Crippen molar-refractivity contribution in [2.75, 3.05) is 0 Å². The van der Waals surface area contributed by atoms with Crippen LogP contribution in [0, 0.1) is 15.9 Å². The van der Waals surface area contributed by atoms with Gasteiger partial charge in [0.05, 0.1) is 17.8 Å². The van der Waals surface area contributed by atoms with Gasteiger partial charge < -0.3 is 10.1 Å². The lowest BCUT2D eigenvalue weighted by atomic mass is 10.2. The van der Waals surface area contributed by atoms with Crippen molar-refractivity contribution in [3.05, 3.63) is 57.0 Å². The predicted molar refractivity (Wildman–Crippen MR) is 59.4 cm³/mol. The minimum absolute atomic E-state index is 0.0636. The molecule has 0 amide bonds. The first kappa shape index (κ1) is 11.5. The average molecular weight is 256 g/mol. The van der Waals surface area contributed by atoms with Crippen LogP contribution in [-0.2, 0) is 6.54 Å². The molecule has 2 aromatic rings. The summed E-state index contributed by atoms with van der Waals surface area (Å²) >= 11 is 5.63. The zero-order valence-corrected chi connectivity index (χ0v) is 9.26. The molecule has 0 aliphatic heterocycles. The monoisotopic (exact) mass is 255 g/mol. The SMILES string of the molecule is O=[N+]([O-])c1nn(Cc2ccccc2F)cc1Cl. The van der Waals surface area contributed by atoms with Crippen LogP contribution in [0.15, 0.2) is 30.5 Å². The van der Waals surface area contributed by atoms with E-state index in [2.05, 4.69) is 5.10 Å². The minimum Gasteiger partial charge on any atom is -0.358 e. The maximum absolute atomic E-state index is 13.3. The van der Waals surface area contributed by atoms with Crippen LogP contribution in [0.4, 0.5) is 10.2 Å². The topological polar surface area (TPSA) is 61.0 Å². The van der Waals surface area contributed by atoms with Gasteiger partial charge >= 0.3 is 5.82 Å². The van der Waals surface area contributed by atoms with Gasteiger partial charge in [0.1, 0.15) is 5.82 Å². The van der Waals surface area contributed by atoms with Crippen molar-refractivity contribution in [1.82, 2.24) is 9.78 Å². The molecule has 7 heteroatoms. The van der Waals surface area contributed by atoms with Crippen LogP contribution in [0.5, 0.6) is 0 Å². The van der Waals surface area contributed by atoms with Crippen LogP contribution in [-0.4, -0.2) is 14.7 Å². The van der Waals surface area contributed by atoms with Gasteiger partial charge in [-0.05, 0) is 11.0 Å². The van der Waals surface area contributed by atoms with Crippen molar-refractivity contribution in [1.29, 1.82) is 0 Å². The molecule has 88 valence electrons. The highest BCUT2D eigenvalue weighted by molar-refractivity contribution is 6.32. The molecule has 0 N–H and O–H groups in total. The van der Waals surface area contributed by atoms with E-state index >= 15 is 0 Å². The van der Waals surface area contributed by atoms with E-state index in [-0.39, 0.29) is 17.4 Å². The Balaban J connectivity index is 2.28. The van der Waals surface area contributed by atoms with Gasteiger partial charge in [-0.2, -0.15) is 4.68 Å². The van der Waals surface area contributed by atoms with E-state index in [0.29, 0.717) is 5.56 Å². The molecule has 1 aromatic carbocycles. The van der Waals surface area contributed by atoms with E-state index in [4.69, 9.17) is 11.6 Å². The molecule has 1 heterocycles. The van der Waals surface area contributed by atoms with Crippen molar-refractivity contribution in [2.45, 2.75) is 6.54 Å². The Morgan fingerprint density at radius 1 is 1.47 bits per heavy atom. The fourth-order valence-corrected chi connectivity index (χ4v) is 1.61. The van der Waals surface area contributed by atoms with Gasteiger partial charge in [0.15, 0.2) is 5.02 Å². The summed E-state index contributed by atoms with van der Waals surface area (Å²) in [5.74, 6) is -0.815. The molecule has 2 rings (SSSR count). The van der Waals surface area contributed by atoms with Crippen molar-refractivity contribution in [2.24, 2.45) is 0 Å². The lowest BCUT2D eigenvalue weighted by Crippen LogP contribution is -2.03. The summed E-state index contributed by atoms with van der Waals surface area (Å²) in [6.45, 7) is 0.0975. The Bertz CT molecular complexity index is 570. The van der Waals surface area contributed by atoms with Gasteiger partial charge in [-0.1, -0.05) is 29.8 Å². The summed E-state index contributed by atoms with van der Waals surface area (Å²) in [5, 5.41) is 14.1. The van der Waals surface area contributed by atoms with Crippen molar-refractivity contribution in [3.63, 3.8) is 0 Å². The van der Waals surface area contributed by atoms with Gasteiger partial charge in [0.2, 0.25) is 0 Å². The smallest absolute Gasteiger partial charge is 0.358 e. The molecule has 5 nitrogen and oxygen atoms in total. The largest absolute Gasteiger partial charge is 0.408 e. The molecule has 0 aliphatic carbocycles. The van der Waals surface area contributed by atoms with Crippen molar-refractivity contribution >= 4 is 17.4 Å². The number of halogens is 2. The van der Waals surface area contributed by atoms with Crippen LogP contribution in [0.25, 0.3) is 0 Å². The maximum Gasteiger partial charge on any atom is 0.408 e. The van der Waals surface area contributed by atoms with E-state index in [1.807, 2.05) is 0 Å². The lowest BCUT2D eigenvalue weighted by molar-refractivity contribution is -0.389. The zero-order chi connectivity index (χ0) is 12.4. The fourth-order valence-electron chi connectivity index (χ4n) is 1.39. The summed E-state index contributed by atoms with van der Waals surface area (Å²) in [5.41, 5.74) is 0.390. The molecule has 1 aromatic heterocycles. The van der Waals surface area contributed by atoms with E-state index in [0.717, 1.165) is 0 Å². The van der Waals surface area contributed by atoms with Gasteiger partial charge in [0, 0.05) is 5.56 Å². The summed E-state index contributed by atoms with van der Waals surface area (Å²) in [6, 6.07) is 6.14. The first-order chi connectivity index (χ1) is 8.08. The number of nitro groups is 1. The molecule has 17 heavy (non-hydrogen) atoms. The first-order valence-corrected chi connectivity index (χ1v) is 5.06. The highest BCUT2D eigenvalue weighted by Gasteiger charge is 2.19. The van der Waals surface area contributed by atoms with Crippen LogP contribution in [0.3, 0.4) is 0 Å². The molecule has 0 radical (unpaired) electrons. The Hall–Kier alpha value is -1.95. The van der Waals surface area contributed by atoms with Crippen LogP contribution < -0.4 is 0 Å². The van der Waals surface area contributed by atoms with Crippen LogP contribution in [0.2, 0.25) is 5.02 Å². The Morgan fingerprint density at radius 3 is 2.76 bits per heavy atom. The van der Waals surface area contributed by atoms with E-state index in [9.17, 15) is 14.5 Å². The van der Waals surface area contributed by atoms with Crippen molar-refractivity contribution < 1.29 is 9.31 Å². The number of nitrogens with zero attached hydrogens (tertiary/aromatic N) is 3. The highest BCUT2D eigenvalue weighted by atomic mass is 35.5. The summed E-state index contributed by atoms with van der Waals surface area (Å²) in [4.78, 5) is 9.85. The maximum atomic E-state index is 13.3. The second-order valence-corrected chi connectivity index (χ2v) is 3.75. The highest BCUT2D eigenvalue weighted by Crippen LogP contribution is 2.22. The minimum atomic E-state index is -0.680. The molecule has 0 spiro atoms. The Labute approximate surface area is 101 Å². The number of benzene rings is 1. The summed E-state index contributed by atoms with van der Waals surface area (Å²) in [7, 11) is 0. The average Bonchev–Trinajstić information content (AvgIpc) is 2.63. The van der Waals surface area contributed by atoms with Crippen molar-refractivity contribution in [3.8, 4) is 0 Å². The normalized spacial score (nSPS) is 10.5. The quantitative estimate of drug-likeness (QED) is 0.626. The molecule has 0 saturated heterocycles. The summed E-state index contributed by atoms with van der Waals surface area (Å²) < 4.78 is 14.6. The molecular formula is C10H7ClFN3O2. The second-order valence-electron chi connectivity index (χ2n) is 3.35. The third kappa shape index (κ3) is 2.42.